The van der Waals surface area contributed by atoms with E-state index in [2.05, 4.69) is 81.5 Å². The Hall–Kier alpha value is -3.15. The third-order valence-electron chi connectivity index (χ3n) is 14.2. The van der Waals surface area contributed by atoms with Crippen LogP contribution in [0.4, 0.5) is 0 Å². The third kappa shape index (κ3) is 61.6. The molecule has 1 atom stereocenters. The van der Waals surface area contributed by atoms with Crippen LogP contribution in [0.2, 0.25) is 0 Å². The van der Waals surface area contributed by atoms with E-state index in [1.807, 2.05) is 6.08 Å². The molecule has 0 aromatic carbocycles. The van der Waals surface area contributed by atoms with E-state index in [4.69, 9.17) is 14.2 Å². The first-order valence-corrected chi connectivity index (χ1v) is 32.4. The van der Waals surface area contributed by atoms with Gasteiger partial charge in [-0.25, -0.2) is 0 Å². The lowest BCUT2D eigenvalue weighted by Crippen LogP contribution is -2.30. The van der Waals surface area contributed by atoms with E-state index in [1.54, 1.807) is 6.08 Å². The molecule has 0 bridgehead atoms. The fourth-order valence-electron chi connectivity index (χ4n) is 9.40. The van der Waals surface area contributed by atoms with Gasteiger partial charge in [0.25, 0.3) is 0 Å². The van der Waals surface area contributed by atoms with Crippen LogP contribution in [0, 0.1) is 0 Å². The number of hydrogen-bond acceptors (Lipinski definition) is 6. The SMILES string of the molecule is CC/C=C\C/C=C\C/C=C\C/C=C\C/C=C\CC(=O)OCC(COC(=O)CCCCCCCCCCCCCCCCCCCCCCCCCC)OC(=O)CCCCCCCCC/C=C\CCCCCCCCC. The second-order valence-corrected chi connectivity index (χ2v) is 21.7. The molecule has 0 heterocycles. The van der Waals surface area contributed by atoms with Gasteiger partial charge in [0.2, 0.25) is 0 Å². The van der Waals surface area contributed by atoms with E-state index in [-0.39, 0.29) is 31.6 Å². The summed E-state index contributed by atoms with van der Waals surface area (Å²) in [7, 11) is 0. The predicted molar refractivity (Wildman–Crippen MR) is 325 cm³/mol. The van der Waals surface area contributed by atoms with Gasteiger partial charge in [0.1, 0.15) is 13.2 Å². The summed E-state index contributed by atoms with van der Waals surface area (Å²) >= 11 is 0. The molecule has 0 aromatic rings. The summed E-state index contributed by atoms with van der Waals surface area (Å²) in [6.45, 7) is 6.48. The molecule has 0 aliphatic carbocycles. The van der Waals surface area contributed by atoms with Crippen LogP contribution in [0.3, 0.4) is 0 Å². The summed E-state index contributed by atoms with van der Waals surface area (Å²) in [4.78, 5) is 38.2. The number of esters is 3. The number of ether oxygens (including phenoxy) is 3. The maximum absolute atomic E-state index is 12.9. The van der Waals surface area contributed by atoms with Crippen molar-refractivity contribution in [1.29, 1.82) is 0 Å². The maximum atomic E-state index is 12.9. The molecule has 0 aliphatic rings. The fourth-order valence-corrected chi connectivity index (χ4v) is 9.40. The number of carbonyl (C=O) groups is 3. The Labute approximate surface area is 465 Å². The van der Waals surface area contributed by atoms with Crippen molar-refractivity contribution >= 4 is 17.9 Å². The van der Waals surface area contributed by atoms with Crippen molar-refractivity contribution in [2.45, 2.75) is 335 Å². The predicted octanol–water partition coefficient (Wildman–Crippen LogP) is 22.1. The third-order valence-corrected chi connectivity index (χ3v) is 14.2. The lowest BCUT2D eigenvalue weighted by atomic mass is 10.0. The first-order chi connectivity index (χ1) is 37.0. The Bertz CT molecular complexity index is 1390. The Kier molecular flexibility index (Phi) is 60.7. The van der Waals surface area contributed by atoms with E-state index in [9.17, 15) is 14.4 Å². The van der Waals surface area contributed by atoms with E-state index in [0.29, 0.717) is 12.8 Å². The number of rotatable bonds is 59. The molecule has 0 aliphatic heterocycles. The minimum Gasteiger partial charge on any atom is -0.462 e. The number of allylic oxidation sites excluding steroid dienone is 11. The smallest absolute Gasteiger partial charge is 0.309 e. The number of carbonyl (C=O) groups excluding carboxylic acids is 3. The van der Waals surface area contributed by atoms with Gasteiger partial charge in [-0.05, 0) is 70.6 Å². The molecular formula is C69H122O6. The van der Waals surface area contributed by atoms with Crippen LogP contribution in [0.25, 0.3) is 0 Å². The summed E-state index contributed by atoms with van der Waals surface area (Å²) in [6, 6.07) is 0. The van der Waals surface area contributed by atoms with Gasteiger partial charge in [0.15, 0.2) is 6.10 Å². The summed E-state index contributed by atoms with van der Waals surface area (Å²) in [5.41, 5.74) is 0. The molecule has 1 unspecified atom stereocenters. The van der Waals surface area contributed by atoms with E-state index >= 15 is 0 Å². The lowest BCUT2D eigenvalue weighted by molar-refractivity contribution is -0.166. The highest BCUT2D eigenvalue weighted by Gasteiger charge is 2.19. The molecule has 0 saturated heterocycles. The van der Waals surface area contributed by atoms with Crippen LogP contribution in [0.1, 0.15) is 329 Å². The second kappa shape index (κ2) is 63.4. The van der Waals surface area contributed by atoms with E-state index in [1.165, 1.54) is 218 Å². The van der Waals surface area contributed by atoms with E-state index < -0.39 is 12.1 Å². The van der Waals surface area contributed by atoms with Crippen molar-refractivity contribution in [3.8, 4) is 0 Å². The van der Waals surface area contributed by atoms with Crippen molar-refractivity contribution in [1.82, 2.24) is 0 Å². The Balaban J connectivity index is 4.36. The van der Waals surface area contributed by atoms with Crippen molar-refractivity contribution in [2.24, 2.45) is 0 Å². The molecule has 0 amide bonds. The zero-order chi connectivity index (χ0) is 54.3. The van der Waals surface area contributed by atoms with Gasteiger partial charge in [-0.15, -0.1) is 0 Å². The van der Waals surface area contributed by atoms with Crippen LogP contribution in [-0.2, 0) is 28.6 Å². The van der Waals surface area contributed by atoms with Gasteiger partial charge < -0.3 is 14.2 Å². The highest BCUT2D eigenvalue weighted by molar-refractivity contribution is 5.72. The molecule has 6 heteroatoms. The van der Waals surface area contributed by atoms with Crippen LogP contribution in [-0.4, -0.2) is 37.2 Å². The molecule has 0 N–H and O–H groups in total. The first-order valence-electron chi connectivity index (χ1n) is 32.4. The number of unbranched alkanes of at least 4 members (excludes halogenated alkanes) is 37. The standard InChI is InChI=1S/C69H122O6/c1-4-7-10-13-16-19-22-25-28-30-32-33-34-35-36-37-39-41-44-47-50-53-56-59-62-68(71)74-65-66(64-73-67(70)61-58-55-52-49-46-43-40-27-24-21-18-15-12-9-6-3)75-69(72)63-60-57-54-51-48-45-42-38-31-29-26-23-20-17-14-11-8-5-2/h9,12,18,21,27,29,31,40,46,49,55,58,66H,4-8,10-11,13-17,19-20,22-26,28,30,32-39,41-45,47-48,50-54,56-57,59-65H2,1-3H3/b12-9-,21-18-,31-29-,40-27-,49-46-,58-55-. The Morgan fingerprint density at radius 1 is 0.293 bits per heavy atom. The quantitative estimate of drug-likeness (QED) is 0.0261. The molecule has 6 nitrogen and oxygen atoms in total. The van der Waals surface area contributed by atoms with Gasteiger partial charge in [-0.1, -0.05) is 312 Å². The molecule has 0 spiro atoms. The van der Waals surface area contributed by atoms with Crippen LogP contribution >= 0.6 is 0 Å². The van der Waals surface area contributed by atoms with Gasteiger partial charge in [0.05, 0.1) is 6.42 Å². The number of hydrogen-bond donors (Lipinski definition) is 0. The summed E-state index contributed by atoms with van der Waals surface area (Å²) in [6.07, 6.45) is 82.3. The lowest BCUT2D eigenvalue weighted by Gasteiger charge is -2.18. The zero-order valence-electron chi connectivity index (χ0n) is 49.8. The molecule has 434 valence electrons. The highest BCUT2D eigenvalue weighted by Crippen LogP contribution is 2.17. The maximum Gasteiger partial charge on any atom is 0.309 e. The van der Waals surface area contributed by atoms with Crippen LogP contribution in [0.15, 0.2) is 72.9 Å². The van der Waals surface area contributed by atoms with Gasteiger partial charge in [-0.2, -0.15) is 0 Å². The topological polar surface area (TPSA) is 78.9 Å². The summed E-state index contributed by atoms with van der Waals surface area (Å²) in [5, 5.41) is 0. The van der Waals surface area contributed by atoms with Crippen molar-refractivity contribution < 1.29 is 28.6 Å². The Morgan fingerprint density at radius 2 is 0.573 bits per heavy atom. The summed E-state index contributed by atoms with van der Waals surface area (Å²) < 4.78 is 16.8. The first kappa shape index (κ1) is 71.8. The minimum atomic E-state index is -0.817. The molecule has 0 radical (unpaired) electrons. The normalized spacial score (nSPS) is 12.5. The average Bonchev–Trinajstić information content (AvgIpc) is 3.41. The largest absolute Gasteiger partial charge is 0.462 e. The average molecular weight is 1050 g/mol. The van der Waals surface area contributed by atoms with Crippen molar-refractivity contribution in [3.05, 3.63) is 72.9 Å². The molecule has 0 aromatic heterocycles. The highest BCUT2D eigenvalue weighted by atomic mass is 16.6. The molecule has 0 saturated carbocycles. The van der Waals surface area contributed by atoms with Gasteiger partial charge >= 0.3 is 17.9 Å². The molecule has 75 heavy (non-hydrogen) atoms. The van der Waals surface area contributed by atoms with Crippen molar-refractivity contribution in [3.63, 3.8) is 0 Å². The minimum absolute atomic E-state index is 0.104. The monoisotopic (exact) mass is 1050 g/mol. The fraction of sp³-hybridized carbons (Fsp3) is 0.783. The van der Waals surface area contributed by atoms with Gasteiger partial charge in [0, 0.05) is 12.8 Å². The van der Waals surface area contributed by atoms with Crippen molar-refractivity contribution in [2.75, 3.05) is 13.2 Å². The van der Waals surface area contributed by atoms with E-state index in [0.717, 1.165) is 70.6 Å². The molecule has 0 rings (SSSR count). The molecule has 0 fully saturated rings. The second-order valence-electron chi connectivity index (χ2n) is 21.7. The Morgan fingerprint density at radius 3 is 0.920 bits per heavy atom. The van der Waals surface area contributed by atoms with Gasteiger partial charge in [-0.3, -0.25) is 14.4 Å². The molecular weight excluding hydrogens is 925 g/mol. The summed E-state index contributed by atoms with van der Waals surface area (Å²) in [5.74, 6) is -1.03. The van der Waals surface area contributed by atoms with Crippen LogP contribution in [0.5, 0.6) is 0 Å². The van der Waals surface area contributed by atoms with Crippen LogP contribution < -0.4 is 0 Å². The zero-order valence-corrected chi connectivity index (χ0v) is 49.8.